The van der Waals surface area contributed by atoms with E-state index in [0.29, 0.717) is 18.4 Å². The maximum Gasteiger partial charge on any atom is 0.206 e. The molecule has 4 heteroatoms. The topological polar surface area (TPSA) is 29.6 Å². The van der Waals surface area contributed by atoms with Gasteiger partial charge in [0.15, 0.2) is 0 Å². The zero-order chi connectivity index (χ0) is 18.9. The quantitative estimate of drug-likeness (QED) is 0.410. The highest BCUT2D eigenvalue weighted by Gasteiger charge is 2.34. The number of nitrogens with zero attached hydrogens (tertiary/aromatic N) is 3. The van der Waals surface area contributed by atoms with Crippen LogP contribution in [0.5, 0.6) is 0 Å². The lowest BCUT2D eigenvalue weighted by Crippen LogP contribution is -2.15. The molecule has 3 aromatic rings. The highest BCUT2D eigenvalue weighted by molar-refractivity contribution is 7.07. The van der Waals surface area contributed by atoms with Crippen LogP contribution >= 0.6 is 11.3 Å². The lowest BCUT2D eigenvalue weighted by Gasteiger charge is -2.13. The van der Waals surface area contributed by atoms with Gasteiger partial charge in [-0.05, 0) is 35.4 Å². The van der Waals surface area contributed by atoms with Crippen molar-refractivity contribution in [1.29, 1.82) is 0 Å². The fourth-order valence-corrected chi connectivity index (χ4v) is 5.28. The van der Waals surface area contributed by atoms with Crippen LogP contribution in [0.2, 0.25) is 0 Å². The number of fused-ring (bicyclic) bond motifs is 3. The summed E-state index contributed by atoms with van der Waals surface area (Å²) in [5.41, 5.74) is 2.29. The molecule has 2 bridgehead atoms. The minimum atomic E-state index is 0.537. The van der Waals surface area contributed by atoms with Gasteiger partial charge in [0.05, 0.1) is 12.2 Å². The molecule has 28 heavy (non-hydrogen) atoms. The molecule has 3 nitrogen and oxygen atoms in total. The monoisotopic (exact) mass is 385 g/mol. The number of aromatic nitrogens is 1. The predicted molar refractivity (Wildman–Crippen MR) is 119 cm³/mol. The van der Waals surface area contributed by atoms with Gasteiger partial charge < -0.3 is 0 Å². The summed E-state index contributed by atoms with van der Waals surface area (Å²) in [7, 11) is 0. The van der Waals surface area contributed by atoms with E-state index < -0.39 is 0 Å². The second-order valence-corrected chi connectivity index (χ2v) is 8.42. The minimum absolute atomic E-state index is 0.537. The molecule has 3 unspecified atom stereocenters. The summed E-state index contributed by atoms with van der Waals surface area (Å²) >= 11 is 1.64. The zero-order valence-electron chi connectivity index (χ0n) is 15.7. The van der Waals surface area contributed by atoms with E-state index in [-0.39, 0.29) is 0 Å². The highest BCUT2D eigenvalue weighted by atomic mass is 32.1. The van der Waals surface area contributed by atoms with Gasteiger partial charge in [-0.2, -0.15) is 5.10 Å². The molecule has 0 N–H and O–H groups in total. The molecule has 1 saturated carbocycles. The van der Waals surface area contributed by atoms with Gasteiger partial charge in [0.1, 0.15) is 0 Å². The van der Waals surface area contributed by atoms with E-state index in [1.54, 1.807) is 11.3 Å². The summed E-state index contributed by atoms with van der Waals surface area (Å²) in [6, 6.07) is 15.0. The Kier molecular flexibility index (Phi) is 4.57. The third kappa shape index (κ3) is 3.08. The van der Waals surface area contributed by atoms with Crippen molar-refractivity contribution in [3.63, 3.8) is 0 Å². The first-order valence-corrected chi connectivity index (χ1v) is 10.7. The van der Waals surface area contributed by atoms with Crippen LogP contribution in [0.1, 0.15) is 12.8 Å². The smallest absolute Gasteiger partial charge is 0.206 e. The normalized spacial score (nSPS) is 24.0. The van der Waals surface area contributed by atoms with E-state index in [2.05, 4.69) is 77.8 Å². The average Bonchev–Trinajstić information content (AvgIpc) is 3.46. The standard InChI is InChI=1S/C24H23N3S/c1-2-12-25-24-27(26-15-20-14-17-10-11-19(20)13-17)23(16-28-24)22-9-5-7-18-6-3-4-8-21(18)22/h2-11,15-17,19-20H,1,12-14H2. The van der Waals surface area contributed by atoms with Crippen molar-refractivity contribution < 1.29 is 0 Å². The molecule has 0 aliphatic heterocycles. The zero-order valence-corrected chi connectivity index (χ0v) is 16.6. The summed E-state index contributed by atoms with van der Waals surface area (Å²) in [5.74, 6) is 1.94. The molecule has 140 valence electrons. The first kappa shape index (κ1) is 17.4. The lowest BCUT2D eigenvalue weighted by atomic mass is 9.95. The van der Waals surface area contributed by atoms with E-state index in [4.69, 9.17) is 5.10 Å². The lowest BCUT2D eigenvalue weighted by molar-refractivity contribution is 0.590. The Bertz CT molecular complexity index is 1140. The second-order valence-electron chi connectivity index (χ2n) is 7.58. The first-order valence-electron chi connectivity index (χ1n) is 9.86. The van der Waals surface area contributed by atoms with Gasteiger partial charge >= 0.3 is 0 Å². The molecule has 2 aliphatic carbocycles. The molecule has 0 amide bonds. The second kappa shape index (κ2) is 7.36. The average molecular weight is 386 g/mol. The van der Waals surface area contributed by atoms with Crippen molar-refractivity contribution in [2.45, 2.75) is 12.8 Å². The summed E-state index contributed by atoms with van der Waals surface area (Å²) in [5, 5.41) is 9.59. The molecule has 2 aromatic carbocycles. The van der Waals surface area contributed by atoms with E-state index in [9.17, 15) is 0 Å². The largest absolute Gasteiger partial charge is 0.253 e. The van der Waals surface area contributed by atoms with Crippen molar-refractivity contribution in [2.75, 3.05) is 6.54 Å². The summed E-state index contributed by atoms with van der Waals surface area (Å²) in [6.07, 6.45) is 11.2. The fourth-order valence-electron chi connectivity index (χ4n) is 4.44. The van der Waals surface area contributed by atoms with Gasteiger partial charge in [-0.25, -0.2) is 4.68 Å². The number of rotatable bonds is 5. The Morgan fingerprint density at radius 3 is 2.82 bits per heavy atom. The van der Waals surface area contributed by atoms with Gasteiger partial charge in [-0.1, -0.05) is 60.7 Å². The molecule has 1 aromatic heterocycles. The van der Waals surface area contributed by atoms with E-state index >= 15 is 0 Å². The molecule has 2 aliphatic rings. The molecule has 1 heterocycles. The molecular formula is C24H23N3S. The molecular weight excluding hydrogens is 362 g/mol. The van der Waals surface area contributed by atoms with Gasteiger partial charge in [-0.15, -0.1) is 17.9 Å². The van der Waals surface area contributed by atoms with Crippen LogP contribution in [-0.2, 0) is 0 Å². The molecule has 0 radical (unpaired) electrons. The first-order chi connectivity index (χ1) is 13.8. The number of benzene rings is 2. The van der Waals surface area contributed by atoms with Crippen molar-refractivity contribution >= 4 is 28.3 Å². The summed E-state index contributed by atoms with van der Waals surface area (Å²) in [6.45, 7) is 4.40. The predicted octanol–water partition coefficient (Wildman–Crippen LogP) is 5.50. The number of thiazole rings is 1. The van der Waals surface area contributed by atoms with Crippen molar-refractivity contribution in [1.82, 2.24) is 4.68 Å². The third-order valence-corrected chi connectivity index (χ3v) is 6.66. The Morgan fingerprint density at radius 1 is 1.11 bits per heavy atom. The fraction of sp³-hybridized carbons (Fsp3) is 0.250. The van der Waals surface area contributed by atoms with Crippen LogP contribution in [0, 0.1) is 17.8 Å². The molecule has 0 saturated heterocycles. The number of hydrogen-bond acceptors (Lipinski definition) is 3. The Hall–Kier alpha value is -2.72. The van der Waals surface area contributed by atoms with Gasteiger partial charge in [-0.3, -0.25) is 4.99 Å². The SMILES string of the molecule is C=CCN=c1scc(-c2cccc3ccccc23)n1N=CC1CC2C=CC1C2. The van der Waals surface area contributed by atoms with Crippen LogP contribution in [0.25, 0.3) is 22.0 Å². The van der Waals surface area contributed by atoms with E-state index in [0.717, 1.165) is 16.4 Å². The number of allylic oxidation sites excluding steroid dienone is 2. The van der Waals surface area contributed by atoms with Crippen LogP contribution in [-0.4, -0.2) is 17.4 Å². The third-order valence-electron chi connectivity index (χ3n) is 5.81. The van der Waals surface area contributed by atoms with Crippen molar-refractivity contribution in [3.05, 3.63) is 77.5 Å². The van der Waals surface area contributed by atoms with Crippen molar-refractivity contribution in [3.8, 4) is 11.3 Å². The maximum atomic E-state index is 4.94. The van der Waals surface area contributed by atoms with Crippen LogP contribution in [0.4, 0.5) is 0 Å². The minimum Gasteiger partial charge on any atom is -0.253 e. The Labute approximate surface area is 169 Å². The Morgan fingerprint density at radius 2 is 2.00 bits per heavy atom. The number of hydrogen-bond donors (Lipinski definition) is 0. The van der Waals surface area contributed by atoms with Crippen LogP contribution in [0.15, 0.2) is 82.7 Å². The molecule has 0 spiro atoms. The Balaban J connectivity index is 1.61. The maximum absolute atomic E-state index is 4.94. The van der Waals surface area contributed by atoms with Crippen LogP contribution < -0.4 is 4.80 Å². The summed E-state index contributed by atoms with van der Waals surface area (Å²) < 4.78 is 2.02. The van der Waals surface area contributed by atoms with Crippen molar-refractivity contribution in [2.24, 2.45) is 27.8 Å². The molecule has 5 rings (SSSR count). The summed E-state index contributed by atoms with van der Waals surface area (Å²) in [4.78, 5) is 5.59. The molecule has 1 fully saturated rings. The molecule has 3 atom stereocenters. The van der Waals surface area contributed by atoms with E-state index in [1.165, 1.54) is 29.2 Å². The van der Waals surface area contributed by atoms with Gasteiger partial charge in [0, 0.05) is 23.1 Å². The van der Waals surface area contributed by atoms with E-state index in [1.807, 2.05) is 10.8 Å². The van der Waals surface area contributed by atoms with Gasteiger partial charge in [0.25, 0.3) is 0 Å². The van der Waals surface area contributed by atoms with Crippen LogP contribution in [0.3, 0.4) is 0 Å². The highest BCUT2D eigenvalue weighted by Crippen LogP contribution is 2.42. The van der Waals surface area contributed by atoms with Gasteiger partial charge in [0.2, 0.25) is 4.80 Å².